The van der Waals surface area contributed by atoms with Gasteiger partial charge >= 0.3 is 0 Å². The summed E-state index contributed by atoms with van der Waals surface area (Å²) >= 11 is 0. The second-order valence-electron chi connectivity index (χ2n) is 4.54. The molecule has 1 atom stereocenters. The molecule has 1 heterocycles. The first kappa shape index (κ1) is 16.4. The van der Waals surface area contributed by atoms with Crippen molar-refractivity contribution in [1.82, 2.24) is 9.62 Å². The summed E-state index contributed by atoms with van der Waals surface area (Å²) in [5, 5.41) is 2.85. The minimum absolute atomic E-state index is 0.0139. The van der Waals surface area contributed by atoms with E-state index in [9.17, 15) is 13.2 Å². The second-order valence-corrected chi connectivity index (χ2v) is 6.80. The van der Waals surface area contributed by atoms with Crippen LogP contribution < -0.4 is 11.1 Å². The van der Waals surface area contributed by atoms with Crippen LogP contribution >= 0.6 is 0 Å². The second kappa shape index (κ2) is 7.18. The maximum absolute atomic E-state index is 11.8. The maximum atomic E-state index is 11.8. The molecule has 0 bridgehead atoms. The van der Waals surface area contributed by atoms with Crippen LogP contribution in [0.5, 0.6) is 0 Å². The Morgan fingerprint density at radius 1 is 1.47 bits per heavy atom. The van der Waals surface area contributed by atoms with E-state index in [2.05, 4.69) is 5.32 Å². The van der Waals surface area contributed by atoms with Crippen LogP contribution in [0.25, 0.3) is 0 Å². The van der Waals surface area contributed by atoms with Crippen LogP contribution in [-0.4, -0.2) is 63.3 Å². The number of hydrogen-bond acceptors (Lipinski definition) is 5. The van der Waals surface area contributed by atoms with Gasteiger partial charge in [-0.25, -0.2) is 12.7 Å². The molecular formula is C11H23N3O4S. The summed E-state index contributed by atoms with van der Waals surface area (Å²) in [6, 6.07) is -0.0139. The summed E-state index contributed by atoms with van der Waals surface area (Å²) in [5.74, 6) is -0.120. The number of sulfonamides is 1. The molecule has 0 saturated carbocycles. The fraction of sp³-hybridized carbons (Fsp3) is 0.909. The van der Waals surface area contributed by atoms with Gasteiger partial charge in [0.25, 0.3) is 5.91 Å². The summed E-state index contributed by atoms with van der Waals surface area (Å²) in [5.41, 5.74) is 5.41. The molecule has 0 aromatic rings. The van der Waals surface area contributed by atoms with Gasteiger partial charge in [-0.05, 0) is 19.8 Å². The van der Waals surface area contributed by atoms with Crippen molar-refractivity contribution >= 4 is 15.9 Å². The summed E-state index contributed by atoms with van der Waals surface area (Å²) in [4.78, 5) is 11.8. The lowest BCUT2D eigenvalue weighted by Gasteiger charge is -2.31. The Hall–Kier alpha value is -0.700. The number of amides is 1. The normalized spacial score (nSPS) is 20.2. The monoisotopic (exact) mass is 293 g/mol. The van der Waals surface area contributed by atoms with Crippen molar-refractivity contribution in [2.45, 2.75) is 31.9 Å². The topological polar surface area (TPSA) is 102 Å². The van der Waals surface area contributed by atoms with Gasteiger partial charge in [-0.2, -0.15) is 0 Å². The first-order valence-corrected chi connectivity index (χ1v) is 8.06. The van der Waals surface area contributed by atoms with Crippen LogP contribution in [0.3, 0.4) is 0 Å². The van der Waals surface area contributed by atoms with E-state index >= 15 is 0 Å². The SMILES string of the molecule is CCS(=O)(=O)N1CCC(NC(=O)C(CN)OC)CC1. The van der Waals surface area contributed by atoms with Crippen LogP contribution in [0.2, 0.25) is 0 Å². The molecule has 8 heteroatoms. The number of piperidine rings is 1. The molecule has 112 valence electrons. The quantitative estimate of drug-likeness (QED) is 0.646. The van der Waals surface area contributed by atoms with E-state index < -0.39 is 16.1 Å². The number of carbonyl (C=O) groups is 1. The molecule has 19 heavy (non-hydrogen) atoms. The van der Waals surface area contributed by atoms with E-state index in [-0.39, 0.29) is 24.2 Å². The lowest BCUT2D eigenvalue weighted by molar-refractivity contribution is -0.131. The van der Waals surface area contributed by atoms with E-state index in [1.165, 1.54) is 11.4 Å². The van der Waals surface area contributed by atoms with E-state index in [4.69, 9.17) is 10.5 Å². The fourth-order valence-corrected chi connectivity index (χ4v) is 3.20. The highest BCUT2D eigenvalue weighted by atomic mass is 32.2. The van der Waals surface area contributed by atoms with Crippen molar-refractivity contribution in [2.24, 2.45) is 5.73 Å². The predicted molar refractivity (Wildman–Crippen MR) is 72.0 cm³/mol. The van der Waals surface area contributed by atoms with E-state index in [1.807, 2.05) is 0 Å². The third kappa shape index (κ3) is 4.41. The molecule has 7 nitrogen and oxygen atoms in total. The van der Waals surface area contributed by atoms with Crippen molar-refractivity contribution < 1.29 is 17.9 Å². The number of carbonyl (C=O) groups excluding carboxylic acids is 1. The van der Waals surface area contributed by atoms with Crippen molar-refractivity contribution in [2.75, 3.05) is 32.5 Å². The van der Waals surface area contributed by atoms with Crippen molar-refractivity contribution in [1.29, 1.82) is 0 Å². The standard InChI is InChI=1S/C11H23N3O4S/c1-3-19(16,17)14-6-4-9(5-7-14)13-11(15)10(8-12)18-2/h9-10H,3-8,12H2,1-2H3,(H,13,15). The summed E-state index contributed by atoms with van der Waals surface area (Å²) in [7, 11) is -1.68. The molecule has 1 saturated heterocycles. The summed E-state index contributed by atoms with van der Waals surface area (Å²) < 4.78 is 29.8. The maximum Gasteiger partial charge on any atom is 0.250 e. The molecule has 0 spiro atoms. The lowest BCUT2D eigenvalue weighted by atomic mass is 10.1. The Morgan fingerprint density at radius 2 is 2.05 bits per heavy atom. The lowest BCUT2D eigenvalue weighted by Crippen LogP contribution is -2.50. The van der Waals surface area contributed by atoms with Gasteiger partial charge in [-0.15, -0.1) is 0 Å². The van der Waals surface area contributed by atoms with Gasteiger partial charge in [0.1, 0.15) is 6.10 Å². The number of rotatable bonds is 6. The summed E-state index contributed by atoms with van der Waals surface area (Å²) in [6.45, 7) is 2.65. The van der Waals surface area contributed by atoms with Crippen molar-refractivity contribution in [3.8, 4) is 0 Å². The third-order valence-corrected chi connectivity index (χ3v) is 5.23. The third-order valence-electron chi connectivity index (χ3n) is 3.35. The molecular weight excluding hydrogens is 270 g/mol. The molecule has 1 rings (SSSR count). The number of nitrogens with two attached hydrogens (primary N) is 1. The number of hydrogen-bond donors (Lipinski definition) is 2. The first-order chi connectivity index (χ1) is 8.94. The van der Waals surface area contributed by atoms with Crippen LogP contribution in [0, 0.1) is 0 Å². The Bertz CT molecular complexity index is 387. The molecule has 0 aromatic carbocycles. The summed E-state index contributed by atoms with van der Waals surface area (Å²) in [6.07, 6.45) is 0.593. The predicted octanol–water partition coefficient (Wildman–Crippen LogP) is -1.11. The van der Waals surface area contributed by atoms with Gasteiger partial charge in [-0.1, -0.05) is 0 Å². The van der Waals surface area contributed by atoms with Gasteiger partial charge in [0.2, 0.25) is 10.0 Å². The zero-order valence-corrected chi connectivity index (χ0v) is 12.3. The van der Waals surface area contributed by atoms with Gasteiger partial charge < -0.3 is 15.8 Å². The van der Waals surface area contributed by atoms with Crippen LogP contribution in [-0.2, 0) is 19.6 Å². The number of methoxy groups -OCH3 is 1. The van der Waals surface area contributed by atoms with Crippen molar-refractivity contribution in [3.05, 3.63) is 0 Å². The van der Waals surface area contributed by atoms with Gasteiger partial charge in [-0.3, -0.25) is 4.79 Å². The molecule has 1 aliphatic rings. The van der Waals surface area contributed by atoms with E-state index in [0.29, 0.717) is 25.9 Å². The molecule has 3 N–H and O–H groups in total. The van der Waals surface area contributed by atoms with Gasteiger partial charge in [0.05, 0.1) is 5.75 Å². The van der Waals surface area contributed by atoms with E-state index in [0.717, 1.165) is 0 Å². The van der Waals surface area contributed by atoms with Crippen molar-refractivity contribution in [3.63, 3.8) is 0 Å². The number of nitrogens with zero attached hydrogens (tertiary/aromatic N) is 1. The highest BCUT2D eigenvalue weighted by Gasteiger charge is 2.28. The fourth-order valence-electron chi connectivity index (χ4n) is 2.07. The zero-order valence-electron chi connectivity index (χ0n) is 11.5. The van der Waals surface area contributed by atoms with E-state index in [1.54, 1.807) is 6.92 Å². The molecule has 1 amide bonds. The Labute approximate surface area is 114 Å². The van der Waals surface area contributed by atoms with Crippen LogP contribution in [0.4, 0.5) is 0 Å². The largest absolute Gasteiger partial charge is 0.370 e. The Kier molecular flexibility index (Phi) is 6.18. The molecule has 0 aliphatic carbocycles. The molecule has 0 aromatic heterocycles. The Balaban J connectivity index is 2.45. The minimum atomic E-state index is -3.12. The Morgan fingerprint density at radius 3 is 2.47 bits per heavy atom. The smallest absolute Gasteiger partial charge is 0.250 e. The first-order valence-electron chi connectivity index (χ1n) is 6.45. The highest BCUT2D eigenvalue weighted by molar-refractivity contribution is 7.89. The van der Waals surface area contributed by atoms with Crippen LogP contribution in [0.1, 0.15) is 19.8 Å². The highest BCUT2D eigenvalue weighted by Crippen LogP contribution is 2.14. The minimum Gasteiger partial charge on any atom is -0.370 e. The van der Waals surface area contributed by atoms with Gasteiger partial charge in [0.15, 0.2) is 0 Å². The van der Waals surface area contributed by atoms with Crippen LogP contribution in [0.15, 0.2) is 0 Å². The number of nitrogens with one attached hydrogen (secondary N) is 1. The molecule has 1 fully saturated rings. The molecule has 1 aliphatic heterocycles. The average Bonchev–Trinajstić information content (AvgIpc) is 2.40. The van der Waals surface area contributed by atoms with Gasteiger partial charge in [0, 0.05) is 32.8 Å². The molecule has 0 radical (unpaired) electrons. The average molecular weight is 293 g/mol. The molecule has 1 unspecified atom stereocenters. The number of ether oxygens (including phenoxy) is 1. The zero-order chi connectivity index (χ0) is 14.5.